The minimum absolute atomic E-state index is 0.356. The summed E-state index contributed by atoms with van der Waals surface area (Å²) >= 11 is 3.36. The normalized spacial score (nSPS) is 9.91. The van der Waals surface area contributed by atoms with E-state index in [-0.39, 0.29) is 11.9 Å². The van der Waals surface area contributed by atoms with E-state index in [0.717, 1.165) is 10.0 Å². The van der Waals surface area contributed by atoms with Crippen molar-refractivity contribution in [3.63, 3.8) is 0 Å². The smallest absolute Gasteiger partial charge is 0.322 e. The van der Waals surface area contributed by atoms with E-state index in [1.54, 1.807) is 31.3 Å². The molecule has 0 radical (unpaired) electrons. The molecule has 22 heavy (non-hydrogen) atoms. The van der Waals surface area contributed by atoms with Crippen LogP contribution in [0.4, 0.5) is 4.79 Å². The van der Waals surface area contributed by atoms with Crippen LogP contribution in [0, 0.1) is 0 Å². The van der Waals surface area contributed by atoms with Crippen molar-refractivity contribution >= 4 is 27.9 Å². The Bertz CT molecular complexity index is 644. The first-order valence-electron chi connectivity index (χ1n) is 6.67. The van der Waals surface area contributed by atoms with Crippen LogP contribution in [-0.4, -0.2) is 23.9 Å². The van der Waals surface area contributed by atoms with Gasteiger partial charge in [0.1, 0.15) is 0 Å². The molecule has 0 spiro atoms. The van der Waals surface area contributed by atoms with Crippen molar-refractivity contribution in [3.05, 3.63) is 70.2 Å². The molecule has 0 bridgehead atoms. The van der Waals surface area contributed by atoms with Gasteiger partial charge in [-0.1, -0.05) is 46.3 Å². The van der Waals surface area contributed by atoms with Gasteiger partial charge in [-0.05, 0) is 29.8 Å². The molecule has 0 heterocycles. The van der Waals surface area contributed by atoms with E-state index in [1.807, 2.05) is 30.3 Å². The topological polar surface area (TPSA) is 61.4 Å². The van der Waals surface area contributed by atoms with Crippen molar-refractivity contribution in [1.82, 2.24) is 15.8 Å². The molecule has 0 unspecified atom stereocenters. The molecule has 5 nitrogen and oxygen atoms in total. The Labute approximate surface area is 137 Å². The largest absolute Gasteiger partial charge is 0.336 e. The molecule has 0 aliphatic heterocycles. The van der Waals surface area contributed by atoms with Crippen LogP contribution in [0.1, 0.15) is 15.9 Å². The molecule has 2 rings (SSSR count). The summed E-state index contributed by atoms with van der Waals surface area (Å²) < 4.78 is 0.985. The number of hydrazine groups is 1. The molecular weight excluding hydrogens is 346 g/mol. The minimum Gasteiger partial charge on any atom is -0.322 e. The number of amides is 3. The third-order valence-corrected chi connectivity index (χ3v) is 3.53. The van der Waals surface area contributed by atoms with Crippen molar-refractivity contribution in [3.8, 4) is 0 Å². The lowest BCUT2D eigenvalue weighted by atomic mass is 10.2. The average Bonchev–Trinajstić information content (AvgIpc) is 2.55. The first-order chi connectivity index (χ1) is 10.6. The lowest BCUT2D eigenvalue weighted by Crippen LogP contribution is -2.47. The van der Waals surface area contributed by atoms with Crippen LogP contribution in [0.25, 0.3) is 0 Å². The fourth-order valence-electron chi connectivity index (χ4n) is 1.80. The maximum atomic E-state index is 11.9. The molecule has 114 valence electrons. The highest BCUT2D eigenvalue weighted by molar-refractivity contribution is 9.10. The first kappa shape index (κ1) is 16.0. The molecule has 3 amide bonds. The van der Waals surface area contributed by atoms with E-state index in [9.17, 15) is 9.59 Å². The predicted molar refractivity (Wildman–Crippen MR) is 88.0 cm³/mol. The quantitative estimate of drug-likeness (QED) is 0.825. The zero-order valence-electron chi connectivity index (χ0n) is 12.0. The first-order valence-corrected chi connectivity index (χ1v) is 7.46. The van der Waals surface area contributed by atoms with Gasteiger partial charge in [0.15, 0.2) is 0 Å². The predicted octanol–water partition coefficient (Wildman–Crippen LogP) is 2.94. The third kappa shape index (κ3) is 4.60. The number of hydrogen-bond acceptors (Lipinski definition) is 2. The van der Waals surface area contributed by atoms with E-state index in [1.165, 1.54) is 4.90 Å². The SMILES string of the molecule is CN(Cc1ccc(Br)cc1)C(=O)NNC(=O)c1ccccc1. The Balaban J connectivity index is 1.84. The van der Waals surface area contributed by atoms with Crippen molar-refractivity contribution in [2.24, 2.45) is 0 Å². The molecule has 2 aromatic rings. The second-order valence-electron chi connectivity index (χ2n) is 4.73. The summed E-state index contributed by atoms with van der Waals surface area (Å²) in [6.45, 7) is 0.445. The number of hydrogen-bond donors (Lipinski definition) is 2. The number of urea groups is 1. The summed E-state index contributed by atoms with van der Waals surface area (Å²) in [7, 11) is 1.66. The Morgan fingerprint density at radius 3 is 2.27 bits per heavy atom. The summed E-state index contributed by atoms with van der Waals surface area (Å²) in [5.74, 6) is -0.356. The van der Waals surface area contributed by atoms with Crippen LogP contribution in [0.3, 0.4) is 0 Å². The lowest BCUT2D eigenvalue weighted by molar-refractivity contribution is 0.0931. The molecule has 2 aromatic carbocycles. The van der Waals surface area contributed by atoms with Gasteiger partial charge in [0, 0.05) is 23.6 Å². The molecule has 0 saturated heterocycles. The van der Waals surface area contributed by atoms with E-state index in [2.05, 4.69) is 26.8 Å². The maximum Gasteiger partial charge on any atom is 0.336 e. The standard InChI is InChI=1S/C16H16BrN3O2/c1-20(11-12-7-9-14(17)10-8-12)16(22)19-18-15(21)13-5-3-2-4-6-13/h2-10H,11H2,1H3,(H,18,21)(H,19,22). The highest BCUT2D eigenvalue weighted by atomic mass is 79.9. The van der Waals surface area contributed by atoms with E-state index in [0.29, 0.717) is 12.1 Å². The van der Waals surface area contributed by atoms with Gasteiger partial charge in [0.25, 0.3) is 5.91 Å². The van der Waals surface area contributed by atoms with Gasteiger partial charge in [0.05, 0.1) is 0 Å². The van der Waals surface area contributed by atoms with Crippen LogP contribution in [0.2, 0.25) is 0 Å². The molecule has 2 N–H and O–H groups in total. The van der Waals surface area contributed by atoms with Gasteiger partial charge >= 0.3 is 6.03 Å². The lowest BCUT2D eigenvalue weighted by Gasteiger charge is -2.18. The van der Waals surface area contributed by atoms with Crippen LogP contribution < -0.4 is 10.9 Å². The molecular formula is C16H16BrN3O2. The minimum atomic E-state index is -0.382. The van der Waals surface area contributed by atoms with Crippen LogP contribution in [0.15, 0.2) is 59.1 Å². The summed E-state index contributed by atoms with van der Waals surface area (Å²) in [6, 6.07) is 16.0. The van der Waals surface area contributed by atoms with Gasteiger partial charge in [-0.3, -0.25) is 10.2 Å². The van der Waals surface area contributed by atoms with Crippen LogP contribution in [0.5, 0.6) is 0 Å². The van der Waals surface area contributed by atoms with Gasteiger partial charge < -0.3 is 4.90 Å². The monoisotopic (exact) mass is 361 g/mol. The highest BCUT2D eigenvalue weighted by Crippen LogP contribution is 2.11. The summed E-state index contributed by atoms with van der Waals surface area (Å²) in [5.41, 5.74) is 6.26. The number of nitrogens with one attached hydrogen (secondary N) is 2. The number of rotatable bonds is 3. The summed E-state index contributed by atoms with van der Waals surface area (Å²) in [5, 5.41) is 0. The second kappa shape index (κ2) is 7.61. The molecule has 0 saturated carbocycles. The Hall–Kier alpha value is -2.34. The zero-order chi connectivity index (χ0) is 15.9. The molecule has 0 aliphatic rings. The van der Waals surface area contributed by atoms with Crippen LogP contribution >= 0.6 is 15.9 Å². The van der Waals surface area contributed by atoms with Gasteiger partial charge in [-0.2, -0.15) is 0 Å². The molecule has 0 aromatic heterocycles. The number of carbonyl (C=O) groups excluding carboxylic acids is 2. The van der Waals surface area contributed by atoms with Gasteiger partial charge in [-0.25, -0.2) is 10.2 Å². The van der Waals surface area contributed by atoms with E-state index in [4.69, 9.17) is 0 Å². The van der Waals surface area contributed by atoms with E-state index < -0.39 is 0 Å². The fraction of sp³-hybridized carbons (Fsp3) is 0.125. The molecule has 0 aliphatic carbocycles. The number of nitrogens with zero attached hydrogens (tertiary/aromatic N) is 1. The fourth-order valence-corrected chi connectivity index (χ4v) is 2.07. The Kier molecular flexibility index (Phi) is 5.55. The van der Waals surface area contributed by atoms with Crippen molar-refractivity contribution < 1.29 is 9.59 Å². The summed E-state index contributed by atoms with van der Waals surface area (Å²) in [4.78, 5) is 25.2. The van der Waals surface area contributed by atoms with Crippen molar-refractivity contribution in [2.45, 2.75) is 6.54 Å². The molecule has 0 fully saturated rings. The molecule has 6 heteroatoms. The number of benzene rings is 2. The number of carbonyl (C=O) groups is 2. The second-order valence-corrected chi connectivity index (χ2v) is 5.65. The van der Waals surface area contributed by atoms with Crippen molar-refractivity contribution in [1.29, 1.82) is 0 Å². The Morgan fingerprint density at radius 2 is 1.64 bits per heavy atom. The Morgan fingerprint density at radius 1 is 1.00 bits per heavy atom. The van der Waals surface area contributed by atoms with Crippen LogP contribution in [-0.2, 0) is 6.54 Å². The average molecular weight is 362 g/mol. The van der Waals surface area contributed by atoms with E-state index >= 15 is 0 Å². The maximum absolute atomic E-state index is 11.9. The number of halogens is 1. The summed E-state index contributed by atoms with van der Waals surface area (Å²) in [6.07, 6.45) is 0. The third-order valence-electron chi connectivity index (χ3n) is 3.00. The van der Waals surface area contributed by atoms with Gasteiger partial charge in [0.2, 0.25) is 0 Å². The molecule has 0 atom stereocenters. The van der Waals surface area contributed by atoms with Crippen molar-refractivity contribution in [2.75, 3.05) is 7.05 Å². The van der Waals surface area contributed by atoms with Gasteiger partial charge in [-0.15, -0.1) is 0 Å². The highest BCUT2D eigenvalue weighted by Gasteiger charge is 2.11. The zero-order valence-corrected chi connectivity index (χ0v) is 13.6.